The van der Waals surface area contributed by atoms with Gasteiger partial charge in [-0.2, -0.15) is 0 Å². The van der Waals surface area contributed by atoms with Gasteiger partial charge in [-0.05, 0) is 81.7 Å². The number of hydrogen-bond acceptors (Lipinski definition) is 6. The Labute approximate surface area is 229 Å². The number of nitrogens with one attached hydrogen (secondary N) is 2. The number of aromatic nitrogens is 2. The van der Waals surface area contributed by atoms with Crippen LogP contribution in [-0.4, -0.2) is 58.8 Å². The summed E-state index contributed by atoms with van der Waals surface area (Å²) in [6.07, 6.45) is 0.846. The van der Waals surface area contributed by atoms with Gasteiger partial charge in [-0.25, -0.2) is 9.79 Å². The Morgan fingerprint density at radius 1 is 1.00 bits per heavy atom. The maximum Gasteiger partial charge on any atom is 0.417 e. The van der Waals surface area contributed by atoms with Crippen LogP contribution in [0.1, 0.15) is 24.5 Å². The van der Waals surface area contributed by atoms with Crippen molar-refractivity contribution in [3.05, 3.63) is 87.4 Å². The van der Waals surface area contributed by atoms with Crippen LogP contribution >= 0.6 is 11.6 Å². The number of carbonyl (C=O) groups excluding carboxylic acids is 1. The van der Waals surface area contributed by atoms with E-state index in [1.54, 1.807) is 42.2 Å². The summed E-state index contributed by atoms with van der Waals surface area (Å²) in [5, 5.41) is 12.2. The average molecular weight is 546 g/mol. The van der Waals surface area contributed by atoms with Gasteiger partial charge in [0, 0.05) is 35.1 Å². The lowest BCUT2D eigenvalue weighted by molar-refractivity contribution is -0.116. The average Bonchev–Trinajstić information content (AvgIpc) is 3.42. The Kier molecular flexibility index (Phi) is 7.28. The van der Waals surface area contributed by atoms with Crippen molar-refractivity contribution in [2.75, 3.05) is 32.1 Å². The van der Waals surface area contributed by atoms with Crippen molar-refractivity contribution in [1.82, 2.24) is 14.9 Å². The summed E-state index contributed by atoms with van der Waals surface area (Å²) in [6.45, 7) is 3.04. The molecule has 200 valence electrons. The van der Waals surface area contributed by atoms with Crippen molar-refractivity contribution in [3.8, 4) is 5.88 Å². The Bertz CT molecular complexity index is 1750. The highest BCUT2D eigenvalue weighted by atomic mass is 35.5. The number of H-pyrrole nitrogens is 2. The number of fused-ring (bicyclic) bond motifs is 2. The first-order valence-electron chi connectivity index (χ1n) is 12.4. The minimum Gasteiger partial charge on any atom is -0.494 e. The summed E-state index contributed by atoms with van der Waals surface area (Å²) in [6, 6.07) is 17.9. The van der Waals surface area contributed by atoms with Crippen LogP contribution < -0.4 is 10.7 Å². The van der Waals surface area contributed by atoms with Crippen LogP contribution in [0.3, 0.4) is 0 Å². The fourth-order valence-corrected chi connectivity index (χ4v) is 4.78. The van der Waals surface area contributed by atoms with Gasteiger partial charge in [0.2, 0.25) is 5.91 Å². The van der Waals surface area contributed by atoms with Crippen LogP contribution in [-0.2, 0) is 4.79 Å². The Morgan fingerprint density at radius 2 is 1.77 bits per heavy atom. The lowest BCUT2D eigenvalue weighted by atomic mass is 10.0. The minimum absolute atomic E-state index is 0.0320. The highest BCUT2D eigenvalue weighted by Crippen LogP contribution is 2.33. The van der Waals surface area contributed by atoms with Gasteiger partial charge in [0.1, 0.15) is 0 Å². The predicted molar refractivity (Wildman–Crippen MR) is 155 cm³/mol. The van der Waals surface area contributed by atoms with E-state index in [9.17, 15) is 14.7 Å². The third-order valence-electron chi connectivity index (χ3n) is 6.44. The number of aliphatic imine (C=N–C) groups is 1. The van der Waals surface area contributed by atoms with E-state index in [2.05, 4.69) is 14.9 Å². The monoisotopic (exact) mass is 545 g/mol. The van der Waals surface area contributed by atoms with E-state index in [1.165, 1.54) is 0 Å². The number of aromatic amines is 2. The van der Waals surface area contributed by atoms with E-state index < -0.39 is 5.76 Å². The maximum absolute atomic E-state index is 12.3. The van der Waals surface area contributed by atoms with E-state index in [4.69, 9.17) is 21.0 Å². The second-order valence-electron chi connectivity index (χ2n) is 9.57. The summed E-state index contributed by atoms with van der Waals surface area (Å²) in [5.74, 6) is -0.649. The van der Waals surface area contributed by atoms with E-state index in [0.717, 1.165) is 24.0 Å². The van der Waals surface area contributed by atoms with Gasteiger partial charge in [-0.1, -0.05) is 17.7 Å². The van der Waals surface area contributed by atoms with E-state index in [1.807, 2.05) is 44.4 Å². The molecule has 0 aliphatic carbocycles. The van der Waals surface area contributed by atoms with Gasteiger partial charge in [0.25, 0.3) is 0 Å². The number of nitrogens with zero attached hydrogens (tertiary/aromatic N) is 3. The van der Waals surface area contributed by atoms with Gasteiger partial charge in [-0.15, -0.1) is 0 Å². The van der Waals surface area contributed by atoms with Crippen molar-refractivity contribution < 1.29 is 14.3 Å². The van der Waals surface area contributed by atoms with E-state index in [0.29, 0.717) is 50.7 Å². The molecule has 39 heavy (non-hydrogen) atoms. The molecule has 3 N–H and O–H groups in total. The molecule has 9 nitrogen and oxygen atoms in total. The molecular weight excluding hydrogens is 518 g/mol. The fourth-order valence-electron chi connectivity index (χ4n) is 4.61. The third kappa shape index (κ3) is 5.59. The predicted octanol–water partition coefficient (Wildman–Crippen LogP) is 5.44. The van der Waals surface area contributed by atoms with Gasteiger partial charge in [-0.3, -0.25) is 9.78 Å². The fraction of sp³-hybridized carbons (Fsp3) is 0.207. The van der Waals surface area contributed by atoms with Crippen molar-refractivity contribution in [1.29, 1.82) is 0 Å². The van der Waals surface area contributed by atoms with Gasteiger partial charge < -0.3 is 24.3 Å². The molecule has 0 saturated carbocycles. The van der Waals surface area contributed by atoms with Crippen LogP contribution in [0.25, 0.3) is 22.0 Å². The highest BCUT2D eigenvalue weighted by molar-refractivity contribution is 6.31. The Hall–Kier alpha value is -4.34. The molecule has 1 amide bonds. The molecule has 0 aliphatic heterocycles. The third-order valence-corrected chi connectivity index (χ3v) is 6.67. The quantitative estimate of drug-likeness (QED) is 0.225. The van der Waals surface area contributed by atoms with Crippen LogP contribution in [0, 0.1) is 0 Å². The largest absolute Gasteiger partial charge is 0.494 e. The maximum atomic E-state index is 12.3. The number of aromatic hydroxyl groups is 1. The topological polar surface area (TPSA) is 118 Å². The molecule has 2 aromatic heterocycles. The summed E-state index contributed by atoms with van der Waals surface area (Å²) in [5.41, 5.74) is 4.61. The molecule has 10 heteroatoms. The summed E-state index contributed by atoms with van der Waals surface area (Å²) >= 11 is 6.18. The van der Waals surface area contributed by atoms with Crippen LogP contribution in [0.15, 0.2) is 74.9 Å². The zero-order valence-corrected chi connectivity index (χ0v) is 22.5. The number of benzene rings is 3. The number of halogens is 1. The number of rotatable bonds is 8. The first-order valence-corrected chi connectivity index (χ1v) is 12.8. The minimum atomic E-state index is -0.554. The first-order chi connectivity index (χ1) is 18.7. The molecular formula is C29H28ClN5O4. The first kappa shape index (κ1) is 26.3. The number of anilines is 1. The summed E-state index contributed by atoms with van der Waals surface area (Å²) in [7, 11) is 4.01. The Balaban J connectivity index is 1.59. The van der Waals surface area contributed by atoms with Crippen LogP contribution in [0.5, 0.6) is 5.88 Å². The summed E-state index contributed by atoms with van der Waals surface area (Å²) in [4.78, 5) is 38.5. The van der Waals surface area contributed by atoms with E-state index in [-0.39, 0.29) is 11.8 Å². The second kappa shape index (κ2) is 10.8. The van der Waals surface area contributed by atoms with Gasteiger partial charge in [0.15, 0.2) is 11.5 Å². The van der Waals surface area contributed by atoms with Crippen molar-refractivity contribution >= 4 is 56.6 Å². The van der Waals surface area contributed by atoms with Crippen molar-refractivity contribution in [2.45, 2.75) is 13.3 Å². The standard InChI is InChI=1S/C29H28ClN5O4/c1-17(36)35(14-4-13-34(2)3)21-9-7-20(8-10-21)31-27(18-5-12-25-24(15-18)33-29(38)39-25)26-22-11-6-19(30)16-23(22)32-28(26)37/h5-12,15-16,32,37H,4,13-14H2,1-3H3,(H,33,38). The van der Waals surface area contributed by atoms with Gasteiger partial charge >= 0.3 is 5.76 Å². The van der Waals surface area contributed by atoms with Crippen molar-refractivity contribution in [3.63, 3.8) is 0 Å². The van der Waals surface area contributed by atoms with Crippen molar-refractivity contribution in [2.24, 2.45) is 4.99 Å². The number of amides is 1. The number of carbonyl (C=O) groups is 1. The second-order valence-corrected chi connectivity index (χ2v) is 10.0. The van der Waals surface area contributed by atoms with Crippen LogP contribution in [0.2, 0.25) is 5.02 Å². The molecule has 0 atom stereocenters. The number of hydrogen-bond donors (Lipinski definition) is 3. The van der Waals surface area contributed by atoms with Gasteiger partial charge in [0.05, 0.1) is 28.0 Å². The molecule has 0 spiro atoms. The lowest BCUT2D eigenvalue weighted by Crippen LogP contribution is -2.31. The molecule has 5 rings (SSSR count). The molecule has 3 aromatic carbocycles. The molecule has 0 saturated heterocycles. The number of oxazole rings is 1. The molecule has 0 fully saturated rings. The highest BCUT2D eigenvalue weighted by Gasteiger charge is 2.20. The normalized spacial score (nSPS) is 12.1. The van der Waals surface area contributed by atoms with Crippen LogP contribution in [0.4, 0.5) is 11.4 Å². The molecule has 2 heterocycles. The lowest BCUT2D eigenvalue weighted by Gasteiger charge is -2.22. The summed E-state index contributed by atoms with van der Waals surface area (Å²) < 4.78 is 5.16. The molecule has 0 radical (unpaired) electrons. The zero-order chi connectivity index (χ0) is 27.7. The zero-order valence-electron chi connectivity index (χ0n) is 21.8. The smallest absolute Gasteiger partial charge is 0.417 e. The molecule has 0 aliphatic rings. The van der Waals surface area contributed by atoms with E-state index >= 15 is 0 Å². The molecule has 0 bridgehead atoms. The Morgan fingerprint density at radius 3 is 2.49 bits per heavy atom. The molecule has 5 aromatic rings. The SMILES string of the molecule is CC(=O)N(CCCN(C)C)c1ccc(N=C(c2ccc3oc(=O)[nH]c3c2)c2c(O)[nH]c3cc(Cl)ccc23)cc1. The molecule has 0 unspecified atom stereocenters.